The minimum absolute atomic E-state index is 0.378. The Balaban J connectivity index is 2.50. The molecule has 0 radical (unpaired) electrons. The average Bonchev–Trinajstić information content (AvgIpc) is 2.13. The molecule has 0 bridgehead atoms. The monoisotopic (exact) mass is 212 g/mol. The van der Waals surface area contributed by atoms with Gasteiger partial charge in [-0.1, -0.05) is 27.2 Å². The molecule has 2 nitrogen and oxygen atoms in total. The van der Waals surface area contributed by atoms with Gasteiger partial charge >= 0.3 is 0 Å². The zero-order chi connectivity index (χ0) is 11.5. The highest BCUT2D eigenvalue weighted by molar-refractivity contribution is 4.86. The van der Waals surface area contributed by atoms with Crippen LogP contribution in [0.15, 0.2) is 0 Å². The number of rotatable bonds is 3. The maximum atomic E-state index is 3.65. The van der Waals surface area contributed by atoms with Crippen LogP contribution in [0.3, 0.4) is 0 Å². The number of nitrogens with one attached hydrogen (secondary N) is 1. The summed E-state index contributed by atoms with van der Waals surface area (Å²) in [5.41, 5.74) is 0.378. The third kappa shape index (κ3) is 4.12. The highest BCUT2D eigenvalue weighted by atomic mass is 15.1. The molecule has 0 saturated carbocycles. The summed E-state index contributed by atoms with van der Waals surface area (Å²) in [6.45, 7) is 8.26. The van der Waals surface area contributed by atoms with Crippen LogP contribution in [0, 0.1) is 5.41 Å². The molecule has 0 aromatic carbocycles. The van der Waals surface area contributed by atoms with E-state index in [1.165, 1.54) is 32.2 Å². The molecule has 1 saturated heterocycles. The highest BCUT2D eigenvalue weighted by Gasteiger charge is 2.29. The van der Waals surface area contributed by atoms with Gasteiger partial charge in [-0.2, -0.15) is 0 Å². The van der Waals surface area contributed by atoms with Gasteiger partial charge in [0.1, 0.15) is 0 Å². The molecule has 0 aliphatic carbocycles. The fourth-order valence-corrected chi connectivity index (χ4v) is 2.73. The van der Waals surface area contributed by atoms with Crippen LogP contribution >= 0.6 is 0 Å². The molecule has 1 rings (SSSR count). The Labute approximate surface area is 95.4 Å². The van der Waals surface area contributed by atoms with Crippen molar-refractivity contribution in [1.82, 2.24) is 10.2 Å². The summed E-state index contributed by atoms with van der Waals surface area (Å²) in [5.74, 6) is 0. The smallest absolute Gasteiger partial charge is 0.0152 e. The Morgan fingerprint density at radius 1 is 1.27 bits per heavy atom. The fourth-order valence-electron chi connectivity index (χ4n) is 2.73. The van der Waals surface area contributed by atoms with Crippen LogP contribution in [0.5, 0.6) is 0 Å². The number of piperidine rings is 1. The predicted octanol–water partition coefficient (Wildman–Crippen LogP) is 2.49. The van der Waals surface area contributed by atoms with Crippen molar-refractivity contribution in [2.75, 3.05) is 20.6 Å². The van der Waals surface area contributed by atoms with E-state index in [1.54, 1.807) is 0 Å². The van der Waals surface area contributed by atoms with Crippen LogP contribution in [0.4, 0.5) is 0 Å². The van der Waals surface area contributed by atoms with Crippen molar-refractivity contribution in [3.8, 4) is 0 Å². The van der Waals surface area contributed by atoms with Gasteiger partial charge in [-0.05, 0) is 45.3 Å². The normalized spacial score (nSPS) is 25.6. The van der Waals surface area contributed by atoms with Gasteiger partial charge in [0.05, 0.1) is 0 Å². The second-order valence-electron chi connectivity index (χ2n) is 6.23. The topological polar surface area (TPSA) is 15.3 Å². The molecular formula is C13H28N2. The van der Waals surface area contributed by atoms with E-state index < -0.39 is 0 Å². The Hall–Kier alpha value is -0.0800. The second kappa shape index (κ2) is 5.31. The van der Waals surface area contributed by atoms with Crippen LogP contribution in [-0.2, 0) is 0 Å². The molecule has 1 fully saturated rings. The van der Waals surface area contributed by atoms with E-state index in [0.717, 1.165) is 6.04 Å². The molecule has 2 unspecified atom stereocenters. The summed E-state index contributed by atoms with van der Waals surface area (Å²) in [6.07, 6.45) is 5.41. The van der Waals surface area contributed by atoms with Gasteiger partial charge in [-0.15, -0.1) is 0 Å². The van der Waals surface area contributed by atoms with E-state index in [1.807, 2.05) is 0 Å². The third-order valence-corrected chi connectivity index (χ3v) is 3.54. The lowest BCUT2D eigenvalue weighted by atomic mass is 9.81. The first-order chi connectivity index (χ1) is 6.91. The van der Waals surface area contributed by atoms with Gasteiger partial charge in [0.15, 0.2) is 0 Å². The number of nitrogens with zero attached hydrogens (tertiary/aromatic N) is 1. The molecule has 1 N–H and O–H groups in total. The number of hydrogen-bond donors (Lipinski definition) is 1. The Morgan fingerprint density at radius 3 is 2.33 bits per heavy atom. The van der Waals surface area contributed by atoms with Crippen molar-refractivity contribution in [2.45, 2.75) is 58.5 Å². The van der Waals surface area contributed by atoms with Crippen LogP contribution < -0.4 is 5.32 Å². The van der Waals surface area contributed by atoms with E-state index in [2.05, 4.69) is 45.1 Å². The zero-order valence-corrected chi connectivity index (χ0v) is 11.1. The molecule has 0 aromatic heterocycles. The van der Waals surface area contributed by atoms with E-state index in [0.29, 0.717) is 11.5 Å². The predicted molar refractivity (Wildman–Crippen MR) is 67.2 cm³/mol. The molecule has 1 aliphatic rings. The van der Waals surface area contributed by atoms with E-state index in [9.17, 15) is 0 Å². The lowest BCUT2D eigenvalue weighted by Gasteiger charge is -2.39. The second-order valence-corrected chi connectivity index (χ2v) is 6.23. The molecule has 0 amide bonds. The van der Waals surface area contributed by atoms with Crippen molar-refractivity contribution in [3.63, 3.8) is 0 Å². The third-order valence-electron chi connectivity index (χ3n) is 3.54. The fraction of sp³-hybridized carbons (Fsp3) is 1.00. The molecule has 1 aliphatic heterocycles. The van der Waals surface area contributed by atoms with Gasteiger partial charge in [0.25, 0.3) is 0 Å². The lowest BCUT2D eigenvalue weighted by molar-refractivity contribution is 0.124. The van der Waals surface area contributed by atoms with Crippen LogP contribution in [0.1, 0.15) is 46.5 Å². The molecule has 0 spiro atoms. The maximum absolute atomic E-state index is 3.65. The van der Waals surface area contributed by atoms with Crippen molar-refractivity contribution in [2.24, 2.45) is 5.41 Å². The highest BCUT2D eigenvalue weighted by Crippen LogP contribution is 2.28. The Bertz CT molecular complexity index is 175. The molecule has 90 valence electrons. The molecule has 2 heteroatoms. The maximum Gasteiger partial charge on any atom is 0.0152 e. The molecule has 1 heterocycles. The largest absolute Gasteiger partial charge is 0.314 e. The quantitative estimate of drug-likeness (QED) is 0.773. The van der Waals surface area contributed by atoms with Gasteiger partial charge in [0.2, 0.25) is 0 Å². The van der Waals surface area contributed by atoms with E-state index in [-0.39, 0.29) is 0 Å². The molecule has 0 aromatic rings. The summed E-state index contributed by atoms with van der Waals surface area (Å²) in [4.78, 5) is 2.39. The summed E-state index contributed by atoms with van der Waals surface area (Å²) in [5, 5.41) is 3.65. The molecule has 2 atom stereocenters. The van der Waals surface area contributed by atoms with Gasteiger partial charge in [0, 0.05) is 12.1 Å². The number of hydrogen-bond acceptors (Lipinski definition) is 2. The minimum Gasteiger partial charge on any atom is -0.314 e. The van der Waals surface area contributed by atoms with E-state index >= 15 is 0 Å². The standard InChI is InChI=1S/C13H28N2/c1-13(2,3)12(15(4)5)10-11-8-6-7-9-14-11/h11-12,14H,6-10H2,1-5H3. The first-order valence-corrected chi connectivity index (χ1v) is 6.31. The first kappa shape index (κ1) is 13.0. The minimum atomic E-state index is 0.378. The average molecular weight is 212 g/mol. The summed E-state index contributed by atoms with van der Waals surface area (Å²) in [7, 11) is 4.41. The Kier molecular flexibility index (Phi) is 4.60. The van der Waals surface area contributed by atoms with E-state index in [4.69, 9.17) is 0 Å². The lowest BCUT2D eigenvalue weighted by Crippen LogP contribution is -2.46. The van der Waals surface area contributed by atoms with Crippen LogP contribution in [-0.4, -0.2) is 37.6 Å². The van der Waals surface area contributed by atoms with Crippen molar-refractivity contribution >= 4 is 0 Å². The summed E-state index contributed by atoms with van der Waals surface area (Å²) < 4.78 is 0. The molecular weight excluding hydrogens is 184 g/mol. The van der Waals surface area contributed by atoms with Crippen molar-refractivity contribution in [1.29, 1.82) is 0 Å². The van der Waals surface area contributed by atoms with Gasteiger partial charge in [-0.3, -0.25) is 0 Å². The van der Waals surface area contributed by atoms with Crippen molar-refractivity contribution < 1.29 is 0 Å². The summed E-state index contributed by atoms with van der Waals surface area (Å²) in [6, 6.07) is 1.42. The van der Waals surface area contributed by atoms with Crippen LogP contribution in [0.2, 0.25) is 0 Å². The molecule has 15 heavy (non-hydrogen) atoms. The zero-order valence-electron chi connectivity index (χ0n) is 11.1. The van der Waals surface area contributed by atoms with Gasteiger partial charge in [-0.25, -0.2) is 0 Å². The van der Waals surface area contributed by atoms with Crippen LogP contribution in [0.25, 0.3) is 0 Å². The summed E-state index contributed by atoms with van der Waals surface area (Å²) >= 11 is 0. The van der Waals surface area contributed by atoms with Crippen molar-refractivity contribution in [3.05, 3.63) is 0 Å². The van der Waals surface area contributed by atoms with Gasteiger partial charge < -0.3 is 10.2 Å². The SMILES string of the molecule is CN(C)C(CC1CCCCN1)C(C)(C)C. The Morgan fingerprint density at radius 2 is 1.93 bits per heavy atom. The first-order valence-electron chi connectivity index (χ1n) is 6.31.